The summed E-state index contributed by atoms with van der Waals surface area (Å²) < 4.78 is 0. The summed E-state index contributed by atoms with van der Waals surface area (Å²) in [4.78, 5) is 15.8. The van der Waals surface area contributed by atoms with Gasteiger partial charge >= 0.3 is 0 Å². The van der Waals surface area contributed by atoms with Crippen LogP contribution < -0.4 is 11.1 Å². The fourth-order valence-electron chi connectivity index (χ4n) is 1.12. The van der Waals surface area contributed by atoms with Gasteiger partial charge in [0.25, 0.3) is 0 Å². The van der Waals surface area contributed by atoms with Crippen molar-refractivity contribution in [1.29, 1.82) is 0 Å². The molecule has 0 aromatic carbocycles. The molecule has 3 N–H and O–H groups in total. The highest BCUT2D eigenvalue weighted by atomic mass is 32.1. The fourth-order valence-corrected chi connectivity index (χ4v) is 1.77. The normalized spacial score (nSPS) is 15.0. The standard InChI is InChI=1S/C10H17N3OS/c1-6(2)8(11)9(14)13-7(3)10-12-4-5-15-10/h4-8H,11H2,1-3H3,(H,13,14)/t7-,8-/m0/s1. The maximum absolute atomic E-state index is 11.6. The quantitative estimate of drug-likeness (QED) is 0.814. The number of thiazole rings is 1. The number of nitrogens with zero attached hydrogens (tertiary/aromatic N) is 1. The Morgan fingerprint density at radius 2 is 2.20 bits per heavy atom. The molecule has 84 valence electrons. The van der Waals surface area contributed by atoms with Crippen LogP contribution in [-0.2, 0) is 4.79 Å². The van der Waals surface area contributed by atoms with E-state index < -0.39 is 6.04 Å². The molecule has 0 bridgehead atoms. The lowest BCUT2D eigenvalue weighted by atomic mass is 10.0. The number of hydrogen-bond acceptors (Lipinski definition) is 4. The molecule has 4 nitrogen and oxygen atoms in total. The van der Waals surface area contributed by atoms with Crippen LogP contribution >= 0.6 is 11.3 Å². The van der Waals surface area contributed by atoms with Crippen molar-refractivity contribution >= 4 is 17.2 Å². The highest BCUT2D eigenvalue weighted by Crippen LogP contribution is 2.14. The van der Waals surface area contributed by atoms with Gasteiger partial charge in [-0.3, -0.25) is 4.79 Å². The van der Waals surface area contributed by atoms with Crippen molar-refractivity contribution in [3.8, 4) is 0 Å². The van der Waals surface area contributed by atoms with Crippen LogP contribution in [0.4, 0.5) is 0 Å². The highest BCUT2D eigenvalue weighted by Gasteiger charge is 2.20. The minimum absolute atomic E-state index is 0.0673. The Hall–Kier alpha value is -0.940. The summed E-state index contributed by atoms with van der Waals surface area (Å²) in [6.07, 6.45) is 1.73. The van der Waals surface area contributed by atoms with Gasteiger partial charge in [-0.2, -0.15) is 0 Å². The van der Waals surface area contributed by atoms with Gasteiger partial charge in [0, 0.05) is 11.6 Å². The Morgan fingerprint density at radius 3 is 2.67 bits per heavy atom. The van der Waals surface area contributed by atoms with Gasteiger partial charge in [-0.15, -0.1) is 11.3 Å². The topological polar surface area (TPSA) is 68.0 Å². The first kappa shape index (κ1) is 12.1. The SMILES string of the molecule is CC(C)[C@H](N)C(=O)N[C@@H](C)c1nccs1. The molecule has 0 radical (unpaired) electrons. The van der Waals surface area contributed by atoms with Crippen molar-refractivity contribution in [3.05, 3.63) is 16.6 Å². The van der Waals surface area contributed by atoms with E-state index in [1.165, 1.54) is 11.3 Å². The molecule has 1 rings (SSSR count). The number of nitrogens with one attached hydrogen (secondary N) is 1. The lowest BCUT2D eigenvalue weighted by Crippen LogP contribution is -2.44. The summed E-state index contributed by atoms with van der Waals surface area (Å²) in [5.74, 6) is 0.0289. The van der Waals surface area contributed by atoms with E-state index in [0.717, 1.165) is 5.01 Å². The Labute approximate surface area is 93.9 Å². The fraction of sp³-hybridized carbons (Fsp3) is 0.600. The molecule has 15 heavy (non-hydrogen) atoms. The first-order valence-electron chi connectivity index (χ1n) is 4.97. The molecular weight excluding hydrogens is 210 g/mol. The van der Waals surface area contributed by atoms with Gasteiger partial charge in [-0.25, -0.2) is 4.98 Å². The third-order valence-corrected chi connectivity index (χ3v) is 3.16. The van der Waals surface area contributed by atoms with Gasteiger partial charge in [-0.1, -0.05) is 13.8 Å². The van der Waals surface area contributed by atoms with Crippen LogP contribution in [0.1, 0.15) is 31.8 Å². The second-order valence-electron chi connectivity index (χ2n) is 3.87. The van der Waals surface area contributed by atoms with Crippen molar-refractivity contribution in [3.63, 3.8) is 0 Å². The highest BCUT2D eigenvalue weighted by molar-refractivity contribution is 7.09. The van der Waals surface area contributed by atoms with Gasteiger partial charge in [0.15, 0.2) is 0 Å². The second kappa shape index (κ2) is 5.23. The third-order valence-electron chi connectivity index (χ3n) is 2.20. The monoisotopic (exact) mass is 227 g/mol. The summed E-state index contributed by atoms with van der Waals surface area (Å²) in [5, 5.41) is 5.64. The zero-order valence-electron chi connectivity index (χ0n) is 9.23. The van der Waals surface area contributed by atoms with Crippen LogP contribution in [0.5, 0.6) is 0 Å². The number of rotatable bonds is 4. The van der Waals surface area contributed by atoms with E-state index in [2.05, 4.69) is 10.3 Å². The van der Waals surface area contributed by atoms with Crippen molar-refractivity contribution in [2.75, 3.05) is 0 Å². The van der Waals surface area contributed by atoms with Crippen LogP contribution in [0.3, 0.4) is 0 Å². The maximum atomic E-state index is 11.6. The smallest absolute Gasteiger partial charge is 0.237 e. The zero-order valence-corrected chi connectivity index (χ0v) is 10.0. The Balaban J connectivity index is 2.52. The van der Waals surface area contributed by atoms with E-state index in [9.17, 15) is 4.79 Å². The molecule has 5 heteroatoms. The molecular formula is C10H17N3OS. The average molecular weight is 227 g/mol. The van der Waals surface area contributed by atoms with Gasteiger partial charge in [0.05, 0.1) is 12.1 Å². The number of amides is 1. The van der Waals surface area contributed by atoms with Gasteiger partial charge in [0.2, 0.25) is 5.91 Å². The van der Waals surface area contributed by atoms with E-state index in [0.29, 0.717) is 0 Å². The molecule has 0 fully saturated rings. The van der Waals surface area contributed by atoms with E-state index in [4.69, 9.17) is 5.73 Å². The zero-order chi connectivity index (χ0) is 11.4. The predicted molar refractivity (Wildman–Crippen MR) is 61.5 cm³/mol. The lowest BCUT2D eigenvalue weighted by Gasteiger charge is -2.18. The van der Waals surface area contributed by atoms with E-state index >= 15 is 0 Å². The number of nitrogens with two attached hydrogens (primary N) is 1. The first-order valence-corrected chi connectivity index (χ1v) is 5.85. The molecule has 0 saturated carbocycles. The summed E-state index contributed by atoms with van der Waals surface area (Å²) in [7, 11) is 0. The van der Waals surface area contributed by atoms with E-state index in [1.54, 1.807) is 6.20 Å². The second-order valence-corrected chi connectivity index (χ2v) is 4.80. The molecule has 1 heterocycles. The minimum atomic E-state index is -0.451. The van der Waals surface area contributed by atoms with E-state index in [1.807, 2.05) is 26.2 Å². The van der Waals surface area contributed by atoms with Crippen molar-refractivity contribution in [2.45, 2.75) is 32.9 Å². The summed E-state index contributed by atoms with van der Waals surface area (Å²) >= 11 is 1.53. The molecule has 1 amide bonds. The molecule has 0 spiro atoms. The molecule has 0 aliphatic rings. The Kier molecular flexibility index (Phi) is 4.23. The van der Waals surface area contributed by atoms with Gasteiger partial charge in [-0.05, 0) is 12.8 Å². The van der Waals surface area contributed by atoms with Crippen molar-refractivity contribution < 1.29 is 4.79 Å². The molecule has 2 atom stereocenters. The van der Waals surface area contributed by atoms with Crippen LogP contribution in [0.25, 0.3) is 0 Å². The predicted octanol–water partition coefficient (Wildman–Crippen LogP) is 1.30. The molecule has 0 unspecified atom stereocenters. The summed E-state index contributed by atoms with van der Waals surface area (Å²) in [6, 6.07) is -0.519. The largest absolute Gasteiger partial charge is 0.346 e. The maximum Gasteiger partial charge on any atom is 0.237 e. The molecule has 1 aromatic heterocycles. The van der Waals surface area contributed by atoms with E-state index in [-0.39, 0.29) is 17.9 Å². The molecule has 0 aliphatic carbocycles. The number of carbonyl (C=O) groups is 1. The lowest BCUT2D eigenvalue weighted by molar-refractivity contribution is -0.123. The van der Waals surface area contributed by atoms with Gasteiger partial charge in [0.1, 0.15) is 5.01 Å². The Bertz CT molecular complexity index is 310. The van der Waals surface area contributed by atoms with Crippen LogP contribution in [0, 0.1) is 5.92 Å². The minimum Gasteiger partial charge on any atom is -0.346 e. The van der Waals surface area contributed by atoms with Crippen molar-refractivity contribution in [1.82, 2.24) is 10.3 Å². The van der Waals surface area contributed by atoms with Crippen molar-refractivity contribution in [2.24, 2.45) is 11.7 Å². The molecule has 1 aromatic rings. The molecule has 0 saturated heterocycles. The molecule has 0 aliphatic heterocycles. The number of carbonyl (C=O) groups excluding carboxylic acids is 1. The average Bonchev–Trinajstić information content (AvgIpc) is 2.68. The van der Waals surface area contributed by atoms with Crippen LogP contribution in [-0.4, -0.2) is 16.9 Å². The van der Waals surface area contributed by atoms with Crippen LogP contribution in [0.15, 0.2) is 11.6 Å². The first-order chi connectivity index (χ1) is 7.02. The summed E-state index contributed by atoms with van der Waals surface area (Å²) in [6.45, 7) is 5.76. The third kappa shape index (κ3) is 3.28. The Morgan fingerprint density at radius 1 is 1.53 bits per heavy atom. The van der Waals surface area contributed by atoms with Crippen LogP contribution in [0.2, 0.25) is 0 Å². The number of hydrogen-bond donors (Lipinski definition) is 2. The van der Waals surface area contributed by atoms with Gasteiger partial charge < -0.3 is 11.1 Å². The number of aromatic nitrogens is 1. The summed E-state index contributed by atoms with van der Waals surface area (Å²) in [5.41, 5.74) is 5.73.